The molecule has 0 unspecified atom stereocenters. The molecule has 82 valence electrons. The molecule has 1 nitrogen and oxygen atoms in total. The topological polar surface area (TPSA) is 17.1 Å². The number of hydrogen-bond acceptors (Lipinski definition) is 1. The summed E-state index contributed by atoms with van der Waals surface area (Å²) in [6, 6.07) is 4.14. The molecule has 0 radical (unpaired) electrons. The Bertz CT molecular complexity index is 366. The first-order chi connectivity index (χ1) is 7.06. The third-order valence-corrected chi connectivity index (χ3v) is 2.96. The summed E-state index contributed by atoms with van der Waals surface area (Å²) < 4.78 is 25.0. The first kappa shape index (κ1) is 12.8. The highest BCUT2D eigenvalue weighted by Gasteiger charge is 2.13. The maximum Gasteiger partial charge on any atom is 0.264 e. The summed E-state index contributed by atoms with van der Waals surface area (Å²) in [7, 11) is 0. The van der Waals surface area contributed by atoms with E-state index in [9.17, 15) is 13.6 Å². The number of hydrogen-bond donors (Lipinski definition) is 0. The highest BCUT2D eigenvalue weighted by Crippen LogP contribution is 2.28. The average Bonchev–Trinajstić information content (AvgIpc) is 2.17. The molecular weight excluding hydrogens is 334 g/mol. The molecule has 0 atom stereocenters. The van der Waals surface area contributed by atoms with Gasteiger partial charge >= 0.3 is 0 Å². The van der Waals surface area contributed by atoms with Gasteiger partial charge in [-0.05, 0) is 6.07 Å². The van der Waals surface area contributed by atoms with Gasteiger partial charge in [-0.25, -0.2) is 8.78 Å². The van der Waals surface area contributed by atoms with Gasteiger partial charge in [0.15, 0.2) is 5.78 Å². The van der Waals surface area contributed by atoms with Crippen LogP contribution in [0.4, 0.5) is 8.78 Å². The van der Waals surface area contributed by atoms with Crippen molar-refractivity contribution in [3.8, 4) is 0 Å². The molecule has 5 heteroatoms. The van der Waals surface area contributed by atoms with Crippen LogP contribution in [0.15, 0.2) is 22.7 Å². The lowest BCUT2D eigenvalue weighted by atomic mass is 10.1. The molecule has 1 aromatic rings. The van der Waals surface area contributed by atoms with Crippen molar-refractivity contribution in [3.63, 3.8) is 0 Å². The van der Waals surface area contributed by atoms with Crippen molar-refractivity contribution in [2.45, 2.75) is 12.8 Å². The van der Waals surface area contributed by atoms with Crippen LogP contribution in [0.1, 0.15) is 28.8 Å². The zero-order chi connectivity index (χ0) is 11.4. The summed E-state index contributed by atoms with van der Waals surface area (Å²) in [6.45, 7) is 0. The van der Waals surface area contributed by atoms with Crippen LogP contribution < -0.4 is 0 Å². The van der Waals surface area contributed by atoms with Gasteiger partial charge in [-0.15, -0.1) is 0 Å². The Balaban J connectivity index is 2.96. The van der Waals surface area contributed by atoms with E-state index >= 15 is 0 Å². The Kier molecular flexibility index (Phi) is 4.86. The minimum absolute atomic E-state index is 0.0617. The largest absolute Gasteiger partial charge is 0.294 e. The molecule has 0 fully saturated rings. The molecule has 0 aliphatic heterocycles. The maximum atomic E-state index is 12.4. The molecular formula is C10H8Br2F2O. The normalized spacial score (nSPS) is 10.7. The quantitative estimate of drug-likeness (QED) is 0.587. The van der Waals surface area contributed by atoms with Gasteiger partial charge in [0.1, 0.15) is 0 Å². The standard InChI is InChI=1S/C10H8Br2F2O/c11-4-3-9(15)6-1-2-7(10(13)14)8(12)5-6/h1-2,5,10H,3-4H2. The Morgan fingerprint density at radius 2 is 2.07 bits per heavy atom. The van der Waals surface area contributed by atoms with E-state index in [1.54, 1.807) is 0 Å². The molecule has 0 heterocycles. The van der Waals surface area contributed by atoms with Gasteiger partial charge in [-0.1, -0.05) is 44.0 Å². The number of halogens is 4. The minimum atomic E-state index is -2.53. The van der Waals surface area contributed by atoms with Crippen LogP contribution in [0.2, 0.25) is 0 Å². The fourth-order valence-corrected chi connectivity index (χ4v) is 2.02. The predicted octanol–water partition coefficient (Wildman–Crippen LogP) is 4.35. The number of carbonyl (C=O) groups excluding carboxylic acids is 1. The molecule has 0 spiro atoms. The van der Waals surface area contributed by atoms with Crippen molar-refractivity contribution >= 4 is 37.6 Å². The summed E-state index contributed by atoms with van der Waals surface area (Å²) in [5.41, 5.74) is 0.358. The number of benzene rings is 1. The van der Waals surface area contributed by atoms with Crippen molar-refractivity contribution in [1.82, 2.24) is 0 Å². The van der Waals surface area contributed by atoms with Crippen molar-refractivity contribution < 1.29 is 13.6 Å². The van der Waals surface area contributed by atoms with Crippen molar-refractivity contribution in [3.05, 3.63) is 33.8 Å². The third-order valence-electron chi connectivity index (χ3n) is 1.88. The molecule has 0 aliphatic rings. The number of ketones is 1. The van der Waals surface area contributed by atoms with Crippen LogP contribution in [0.3, 0.4) is 0 Å². The van der Waals surface area contributed by atoms with E-state index in [2.05, 4.69) is 31.9 Å². The van der Waals surface area contributed by atoms with E-state index < -0.39 is 6.43 Å². The van der Waals surface area contributed by atoms with Gasteiger partial charge in [0.25, 0.3) is 6.43 Å². The lowest BCUT2D eigenvalue weighted by Gasteiger charge is -2.05. The number of rotatable bonds is 4. The van der Waals surface area contributed by atoms with Crippen molar-refractivity contribution in [2.75, 3.05) is 5.33 Å². The second-order valence-electron chi connectivity index (χ2n) is 2.90. The van der Waals surface area contributed by atoms with E-state index in [-0.39, 0.29) is 15.8 Å². The third kappa shape index (κ3) is 3.34. The summed E-state index contributed by atoms with van der Waals surface area (Å²) in [5.74, 6) is -0.0617. The smallest absolute Gasteiger partial charge is 0.264 e. The van der Waals surface area contributed by atoms with Crippen LogP contribution in [-0.4, -0.2) is 11.1 Å². The Morgan fingerprint density at radius 3 is 2.53 bits per heavy atom. The van der Waals surface area contributed by atoms with Crippen LogP contribution in [0.5, 0.6) is 0 Å². The van der Waals surface area contributed by atoms with Crippen LogP contribution >= 0.6 is 31.9 Å². The van der Waals surface area contributed by atoms with Crippen LogP contribution in [-0.2, 0) is 0 Å². The fraction of sp³-hybridized carbons (Fsp3) is 0.300. The molecule has 0 aliphatic carbocycles. The van der Waals surface area contributed by atoms with Gasteiger partial charge in [-0.3, -0.25) is 4.79 Å². The molecule has 0 saturated carbocycles. The van der Waals surface area contributed by atoms with E-state index in [1.165, 1.54) is 18.2 Å². The van der Waals surface area contributed by atoms with Gasteiger partial charge in [-0.2, -0.15) is 0 Å². The van der Waals surface area contributed by atoms with Gasteiger partial charge in [0.2, 0.25) is 0 Å². The predicted molar refractivity (Wildman–Crippen MR) is 61.8 cm³/mol. The lowest BCUT2D eigenvalue weighted by Crippen LogP contribution is -2.00. The summed E-state index contributed by atoms with van der Waals surface area (Å²) >= 11 is 6.17. The summed E-state index contributed by atoms with van der Waals surface area (Å²) in [6.07, 6.45) is -2.17. The maximum absolute atomic E-state index is 12.4. The van der Waals surface area contributed by atoms with Gasteiger partial charge < -0.3 is 0 Å². The molecule has 15 heavy (non-hydrogen) atoms. The molecule has 0 N–H and O–H groups in total. The Labute approximate surface area is 103 Å². The van der Waals surface area contributed by atoms with Crippen LogP contribution in [0.25, 0.3) is 0 Å². The monoisotopic (exact) mass is 340 g/mol. The molecule has 1 rings (SSSR count). The number of carbonyl (C=O) groups is 1. The van der Waals surface area contributed by atoms with E-state index in [1.807, 2.05) is 0 Å². The molecule has 0 bridgehead atoms. The molecule has 1 aromatic carbocycles. The molecule has 0 amide bonds. The fourth-order valence-electron chi connectivity index (χ4n) is 1.11. The minimum Gasteiger partial charge on any atom is -0.294 e. The zero-order valence-electron chi connectivity index (χ0n) is 7.64. The number of Topliss-reactive ketones (excluding diaryl/α,β-unsaturated/α-hetero) is 1. The van der Waals surface area contributed by atoms with Gasteiger partial charge in [0, 0.05) is 27.4 Å². The average molecular weight is 342 g/mol. The molecule has 0 saturated heterocycles. The molecule has 0 aromatic heterocycles. The Morgan fingerprint density at radius 1 is 1.40 bits per heavy atom. The second-order valence-corrected chi connectivity index (χ2v) is 4.55. The zero-order valence-corrected chi connectivity index (χ0v) is 10.8. The number of alkyl halides is 3. The first-order valence-corrected chi connectivity index (χ1v) is 6.14. The van der Waals surface area contributed by atoms with E-state index in [0.29, 0.717) is 17.3 Å². The van der Waals surface area contributed by atoms with Crippen molar-refractivity contribution in [2.24, 2.45) is 0 Å². The van der Waals surface area contributed by atoms with E-state index in [4.69, 9.17) is 0 Å². The SMILES string of the molecule is O=C(CCBr)c1ccc(C(F)F)c(Br)c1. The first-order valence-electron chi connectivity index (χ1n) is 4.23. The van der Waals surface area contributed by atoms with Crippen LogP contribution in [0, 0.1) is 0 Å². The highest BCUT2D eigenvalue weighted by atomic mass is 79.9. The summed E-state index contributed by atoms with van der Waals surface area (Å²) in [5, 5.41) is 0.569. The van der Waals surface area contributed by atoms with E-state index in [0.717, 1.165) is 0 Å². The highest BCUT2D eigenvalue weighted by molar-refractivity contribution is 9.10. The second kappa shape index (κ2) is 5.70. The Hall–Kier alpha value is -0.290. The summed E-state index contributed by atoms with van der Waals surface area (Å²) in [4.78, 5) is 11.4. The van der Waals surface area contributed by atoms with Crippen molar-refractivity contribution in [1.29, 1.82) is 0 Å². The lowest BCUT2D eigenvalue weighted by molar-refractivity contribution is 0.0989. The van der Waals surface area contributed by atoms with Gasteiger partial charge in [0.05, 0.1) is 0 Å².